The minimum atomic E-state index is -0.266. The van der Waals surface area contributed by atoms with Gasteiger partial charge in [0.15, 0.2) is 0 Å². The van der Waals surface area contributed by atoms with Gasteiger partial charge in [0, 0.05) is 12.8 Å². The van der Waals surface area contributed by atoms with Gasteiger partial charge in [0.2, 0.25) is 11.8 Å². The Hall–Kier alpha value is -1.21. The first-order valence-corrected chi connectivity index (χ1v) is 7.20. The van der Waals surface area contributed by atoms with Crippen LogP contribution in [0.2, 0.25) is 0 Å². The average Bonchev–Trinajstić information content (AvgIpc) is 2.66. The molecule has 1 aliphatic rings. The van der Waals surface area contributed by atoms with Gasteiger partial charge in [-0.05, 0) is 18.7 Å². The number of nitrogens with two attached hydrogens (primary N) is 1. The van der Waals surface area contributed by atoms with Crippen molar-refractivity contribution < 1.29 is 19.2 Å². The topological polar surface area (TPSA) is 97.5 Å². The molecule has 1 unspecified atom stereocenters. The second kappa shape index (κ2) is 10.7. The molecular formula is C12H20N2O4S. The molecule has 1 aliphatic heterocycles. The molecule has 0 aromatic carbocycles. The van der Waals surface area contributed by atoms with Gasteiger partial charge >= 0.3 is 0 Å². The fourth-order valence-corrected chi connectivity index (χ4v) is 2.38. The van der Waals surface area contributed by atoms with Gasteiger partial charge in [-0.1, -0.05) is 6.92 Å². The van der Waals surface area contributed by atoms with Crippen molar-refractivity contribution in [2.75, 3.05) is 18.8 Å². The summed E-state index contributed by atoms with van der Waals surface area (Å²) in [7, 11) is 0. The van der Waals surface area contributed by atoms with E-state index < -0.39 is 0 Å². The monoisotopic (exact) mass is 288 g/mol. The molecule has 19 heavy (non-hydrogen) atoms. The van der Waals surface area contributed by atoms with Crippen LogP contribution in [0.1, 0.15) is 26.2 Å². The lowest BCUT2D eigenvalue weighted by molar-refractivity contribution is -0.139. The van der Waals surface area contributed by atoms with Crippen LogP contribution in [0.4, 0.5) is 0 Å². The molecule has 1 atom stereocenters. The highest BCUT2D eigenvalue weighted by Gasteiger charge is 2.37. The molecule has 0 aromatic rings. The minimum absolute atomic E-state index is 0.0988. The average molecular weight is 288 g/mol. The van der Waals surface area contributed by atoms with Crippen molar-refractivity contribution >= 4 is 36.1 Å². The molecule has 1 saturated heterocycles. The summed E-state index contributed by atoms with van der Waals surface area (Å²) in [6.07, 6.45) is 3.13. The number of unbranched alkanes of at least 4 members (excludes halogenated alkanes) is 1. The largest absolute Gasteiger partial charge is 0.330 e. The summed E-state index contributed by atoms with van der Waals surface area (Å²) in [5.74, 6) is 0.352. The van der Waals surface area contributed by atoms with Crippen molar-refractivity contribution in [2.24, 2.45) is 5.73 Å². The Morgan fingerprint density at radius 3 is 2.47 bits per heavy atom. The summed E-state index contributed by atoms with van der Waals surface area (Å²) in [4.78, 5) is 43.3. The van der Waals surface area contributed by atoms with Crippen molar-refractivity contribution in [3.63, 3.8) is 0 Å². The molecule has 7 heteroatoms. The Balaban J connectivity index is 0.000000459. The molecule has 6 nitrogen and oxygen atoms in total. The van der Waals surface area contributed by atoms with Crippen LogP contribution in [0.25, 0.3) is 0 Å². The SMILES string of the molecule is CCSC1CC(=O)N(CC=O)C1=O.NCCCC=O. The molecule has 0 bridgehead atoms. The van der Waals surface area contributed by atoms with Crippen LogP contribution in [-0.2, 0) is 19.2 Å². The fourth-order valence-electron chi connectivity index (χ4n) is 1.45. The molecule has 1 rings (SSSR count). The molecule has 2 N–H and O–H groups in total. The predicted molar refractivity (Wildman–Crippen MR) is 73.7 cm³/mol. The van der Waals surface area contributed by atoms with Gasteiger partial charge in [0.25, 0.3) is 0 Å². The normalized spacial score (nSPS) is 18.0. The van der Waals surface area contributed by atoms with Crippen LogP contribution in [0, 0.1) is 0 Å². The number of carbonyl (C=O) groups is 4. The number of carbonyl (C=O) groups excluding carboxylic acids is 4. The lowest BCUT2D eigenvalue weighted by Gasteiger charge is -2.09. The zero-order valence-electron chi connectivity index (χ0n) is 11.0. The van der Waals surface area contributed by atoms with Gasteiger partial charge in [0.05, 0.1) is 11.8 Å². The van der Waals surface area contributed by atoms with E-state index in [2.05, 4.69) is 0 Å². The molecule has 2 amide bonds. The lowest BCUT2D eigenvalue weighted by Crippen LogP contribution is -2.32. The van der Waals surface area contributed by atoms with E-state index in [-0.39, 0.29) is 30.0 Å². The molecule has 0 radical (unpaired) electrons. The number of rotatable bonds is 7. The van der Waals surface area contributed by atoms with E-state index in [4.69, 9.17) is 5.73 Å². The Bertz CT molecular complexity index is 323. The summed E-state index contributed by atoms with van der Waals surface area (Å²) in [5.41, 5.74) is 5.06. The van der Waals surface area contributed by atoms with Gasteiger partial charge in [-0.2, -0.15) is 0 Å². The molecule has 108 valence electrons. The number of nitrogens with zero attached hydrogens (tertiary/aromatic N) is 1. The van der Waals surface area contributed by atoms with Crippen molar-refractivity contribution in [3.05, 3.63) is 0 Å². The summed E-state index contributed by atoms with van der Waals surface area (Å²) in [6.45, 7) is 2.46. The number of hydrogen-bond donors (Lipinski definition) is 1. The van der Waals surface area contributed by atoms with E-state index in [1.54, 1.807) is 0 Å². The number of imide groups is 1. The first-order valence-electron chi connectivity index (χ1n) is 6.15. The second-order valence-electron chi connectivity index (χ2n) is 3.75. The van der Waals surface area contributed by atoms with Gasteiger partial charge in [0.1, 0.15) is 12.6 Å². The lowest BCUT2D eigenvalue weighted by atomic mass is 10.3. The number of amides is 2. The summed E-state index contributed by atoms with van der Waals surface area (Å²) in [6, 6.07) is 0. The third-order valence-electron chi connectivity index (χ3n) is 2.35. The zero-order valence-corrected chi connectivity index (χ0v) is 11.9. The highest BCUT2D eigenvalue weighted by atomic mass is 32.2. The van der Waals surface area contributed by atoms with Crippen LogP contribution in [0.15, 0.2) is 0 Å². The quantitative estimate of drug-likeness (QED) is 0.402. The van der Waals surface area contributed by atoms with Crippen molar-refractivity contribution in [3.8, 4) is 0 Å². The Morgan fingerprint density at radius 1 is 1.37 bits per heavy atom. The second-order valence-corrected chi connectivity index (χ2v) is 5.23. The third kappa shape index (κ3) is 6.49. The van der Waals surface area contributed by atoms with E-state index in [1.165, 1.54) is 11.8 Å². The zero-order chi connectivity index (χ0) is 14.7. The molecule has 1 fully saturated rings. The van der Waals surface area contributed by atoms with Crippen molar-refractivity contribution in [2.45, 2.75) is 31.4 Å². The summed E-state index contributed by atoms with van der Waals surface area (Å²) in [5, 5.41) is -0.266. The van der Waals surface area contributed by atoms with E-state index in [9.17, 15) is 19.2 Å². The molecule has 0 spiro atoms. The van der Waals surface area contributed by atoms with Crippen LogP contribution in [-0.4, -0.2) is 53.4 Å². The van der Waals surface area contributed by atoms with E-state index in [0.717, 1.165) is 23.4 Å². The fraction of sp³-hybridized carbons (Fsp3) is 0.667. The summed E-state index contributed by atoms with van der Waals surface area (Å²) >= 11 is 1.45. The number of likely N-dealkylation sites (tertiary alicyclic amines) is 1. The molecule has 0 saturated carbocycles. The smallest absolute Gasteiger partial charge is 0.243 e. The van der Waals surface area contributed by atoms with Crippen LogP contribution >= 0.6 is 11.8 Å². The Labute approximate surface area is 117 Å². The molecule has 0 aromatic heterocycles. The van der Waals surface area contributed by atoms with E-state index >= 15 is 0 Å². The maximum absolute atomic E-state index is 11.4. The predicted octanol–water partition coefficient (Wildman–Crippen LogP) is -0.00990. The van der Waals surface area contributed by atoms with E-state index in [0.29, 0.717) is 19.3 Å². The summed E-state index contributed by atoms with van der Waals surface area (Å²) < 4.78 is 0. The van der Waals surface area contributed by atoms with Crippen molar-refractivity contribution in [1.29, 1.82) is 0 Å². The Morgan fingerprint density at radius 2 is 2.05 bits per heavy atom. The number of aldehydes is 2. The van der Waals surface area contributed by atoms with E-state index in [1.807, 2.05) is 6.92 Å². The molecular weight excluding hydrogens is 268 g/mol. The van der Waals surface area contributed by atoms with Crippen LogP contribution in [0.5, 0.6) is 0 Å². The Kier molecular flexibility index (Phi) is 10.0. The van der Waals surface area contributed by atoms with Crippen LogP contribution in [0.3, 0.4) is 0 Å². The van der Waals surface area contributed by atoms with Gasteiger partial charge in [-0.25, -0.2) is 0 Å². The number of thioether (sulfide) groups is 1. The van der Waals surface area contributed by atoms with Crippen LogP contribution < -0.4 is 5.73 Å². The highest BCUT2D eigenvalue weighted by molar-refractivity contribution is 8.00. The van der Waals surface area contributed by atoms with Gasteiger partial charge < -0.3 is 15.3 Å². The molecule has 0 aliphatic carbocycles. The maximum atomic E-state index is 11.4. The standard InChI is InChI=1S/C8H11NO3S.C4H9NO/c1-2-13-6-5-7(11)9(3-4-10)8(6)12;5-3-1-2-4-6/h4,6H,2-3,5H2,1H3;4H,1-3,5H2. The number of hydrogen-bond acceptors (Lipinski definition) is 6. The van der Waals surface area contributed by atoms with Crippen molar-refractivity contribution in [1.82, 2.24) is 4.90 Å². The van der Waals surface area contributed by atoms with Gasteiger partial charge in [-0.3, -0.25) is 14.5 Å². The first kappa shape index (κ1) is 17.8. The minimum Gasteiger partial charge on any atom is -0.330 e. The van der Waals surface area contributed by atoms with Gasteiger partial charge in [-0.15, -0.1) is 11.8 Å². The third-order valence-corrected chi connectivity index (χ3v) is 3.46. The highest BCUT2D eigenvalue weighted by Crippen LogP contribution is 2.24. The molecule has 1 heterocycles. The first-order chi connectivity index (χ1) is 9.12. The maximum Gasteiger partial charge on any atom is 0.243 e.